The molecular formula is C12H16N2O4S. The SMILES string of the molecule is O=C(O)C1CCN(S(=O)(=O)CCc2ccccn2)C1. The van der Waals surface area contributed by atoms with E-state index >= 15 is 0 Å². The Bertz CT molecular complexity index is 544. The van der Waals surface area contributed by atoms with Crippen LogP contribution in [0.5, 0.6) is 0 Å². The summed E-state index contributed by atoms with van der Waals surface area (Å²) in [7, 11) is -3.39. The number of rotatable bonds is 5. The monoisotopic (exact) mass is 284 g/mol. The number of carboxylic acid groups (broad SMARTS) is 1. The maximum absolute atomic E-state index is 12.1. The summed E-state index contributed by atoms with van der Waals surface area (Å²) in [6.07, 6.45) is 2.35. The van der Waals surface area contributed by atoms with Crippen molar-refractivity contribution in [1.29, 1.82) is 0 Å². The first-order valence-corrected chi connectivity index (χ1v) is 7.70. The molecule has 1 aromatic rings. The lowest BCUT2D eigenvalue weighted by Gasteiger charge is -2.15. The minimum absolute atomic E-state index is 0.0314. The lowest BCUT2D eigenvalue weighted by atomic mass is 10.1. The van der Waals surface area contributed by atoms with Crippen molar-refractivity contribution < 1.29 is 18.3 Å². The van der Waals surface area contributed by atoms with E-state index in [2.05, 4.69) is 4.98 Å². The number of pyridine rings is 1. The van der Waals surface area contributed by atoms with Gasteiger partial charge in [0, 0.05) is 31.4 Å². The molecule has 1 aliphatic heterocycles. The number of carbonyl (C=O) groups is 1. The molecule has 0 amide bonds. The van der Waals surface area contributed by atoms with Crippen molar-refractivity contribution in [3.05, 3.63) is 30.1 Å². The topological polar surface area (TPSA) is 87.6 Å². The Morgan fingerprint density at radius 3 is 2.84 bits per heavy atom. The standard InChI is InChI=1S/C12H16N2O4S/c15-12(16)10-4-7-14(9-10)19(17,18)8-5-11-3-1-2-6-13-11/h1-3,6,10H,4-5,7-9H2,(H,15,16). The van der Waals surface area contributed by atoms with Crippen molar-refractivity contribution in [3.63, 3.8) is 0 Å². The van der Waals surface area contributed by atoms with Gasteiger partial charge >= 0.3 is 5.97 Å². The predicted octanol–water partition coefficient (Wildman–Crippen LogP) is 0.360. The number of hydrogen-bond acceptors (Lipinski definition) is 4. The molecule has 2 rings (SSSR count). The minimum Gasteiger partial charge on any atom is -0.481 e. The molecule has 0 aromatic carbocycles. The van der Waals surface area contributed by atoms with Gasteiger partial charge in [0.25, 0.3) is 0 Å². The van der Waals surface area contributed by atoms with Crippen molar-refractivity contribution in [1.82, 2.24) is 9.29 Å². The van der Waals surface area contributed by atoms with Crippen LogP contribution in [0.1, 0.15) is 12.1 Å². The highest BCUT2D eigenvalue weighted by atomic mass is 32.2. The molecule has 6 nitrogen and oxygen atoms in total. The first kappa shape index (κ1) is 14.0. The second kappa shape index (κ2) is 5.66. The van der Waals surface area contributed by atoms with Crippen LogP contribution in [0, 0.1) is 5.92 Å². The quantitative estimate of drug-likeness (QED) is 0.843. The summed E-state index contributed by atoms with van der Waals surface area (Å²) in [4.78, 5) is 14.9. The Hall–Kier alpha value is -1.47. The second-order valence-corrected chi connectivity index (χ2v) is 6.66. The third-order valence-corrected chi connectivity index (χ3v) is 5.07. The zero-order valence-corrected chi connectivity index (χ0v) is 11.2. The number of hydrogen-bond donors (Lipinski definition) is 1. The highest BCUT2D eigenvalue weighted by Crippen LogP contribution is 2.20. The maximum atomic E-state index is 12.1. The van der Waals surface area contributed by atoms with Gasteiger partial charge in [0.2, 0.25) is 10.0 Å². The van der Waals surface area contributed by atoms with Crippen molar-refractivity contribution in [2.24, 2.45) is 5.92 Å². The predicted molar refractivity (Wildman–Crippen MR) is 69.0 cm³/mol. The minimum atomic E-state index is -3.39. The van der Waals surface area contributed by atoms with E-state index in [0.29, 0.717) is 19.4 Å². The van der Waals surface area contributed by atoms with Crippen LogP contribution in [0.15, 0.2) is 24.4 Å². The van der Waals surface area contributed by atoms with Gasteiger partial charge in [-0.3, -0.25) is 9.78 Å². The third kappa shape index (κ3) is 3.51. The molecule has 104 valence electrons. The van der Waals surface area contributed by atoms with E-state index in [4.69, 9.17) is 5.11 Å². The molecular weight excluding hydrogens is 268 g/mol. The van der Waals surface area contributed by atoms with Gasteiger partial charge in [-0.25, -0.2) is 12.7 Å². The van der Waals surface area contributed by atoms with Gasteiger partial charge in [0.05, 0.1) is 11.7 Å². The number of sulfonamides is 1. The Morgan fingerprint density at radius 1 is 1.47 bits per heavy atom. The van der Waals surface area contributed by atoms with Crippen molar-refractivity contribution >= 4 is 16.0 Å². The van der Waals surface area contributed by atoms with E-state index in [1.54, 1.807) is 18.3 Å². The van der Waals surface area contributed by atoms with E-state index in [1.165, 1.54) is 4.31 Å². The molecule has 1 N–H and O–H groups in total. The van der Waals surface area contributed by atoms with Crippen LogP contribution in [-0.2, 0) is 21.2 Å². The van der Waals surface area contributed by atoms with Crippen LogP contribution in [0.4, 0.5) is 0 Å². The van der Waals surface area contributed by atoms with Crippen LogP contribution >= 0.6 is 0 Å². The van der Waals surface area contributed by atoms with Crippen LogP contribution in [0.3, 0.4) is 0 Å². The molecule has 2 heterocycles. The number of aliphatic carboxylic acids is 1. The molecule has 19 heavy (non-hydrogen) atoms. The van der Waals surface area contributed by atoms with Gasteiger partial charge in [-0.15, -0.1) is 0 Å². The normalized spacial score (nSPS) is 20.5. The summed E-state index contributed by atoms with van der Waals surface area (Å²) in [6.45, 7) is 0.376. The fourth-order valence-corrected chi connectivity index (χ4v) is 3.61. The first-order valence-electron chi connectivity index (χ1n) is 6.09. The largest absolute Gasteiger partial charge is 0.481 e. The molecule has 1 aromatic heterocycles. The summed E-state index contributed by atoms with van der Waals surface area (Å²) in [5, 5.41) is 8.87. The molecule has 7 heteroatoms. The van der Waals surface area contributed by atoms with Gasteiger partial charge in [-0.2, -0.15) is 0 Å². The van der Waals surface area contributed by atoms with Crippen LogP contribution < -0.4 is 0 Å². The molecule has 1 saturated heterocycles. The zero-order chi connectivity index (χ0) is 13.9. The van der Waals surface area contributed by atoms with Gasteiger partial charge in [0.1, 0.15) is 0 Å². The van der Waals surface area contributed by atoms with Crippen LogP contribution in [0.25, 0.3) is 0 Å². The first-order chi connectivity index (χ1) is 8.99. The summed E-state index contributed by atoms with van der Waals surface area (Å²) in [6, 6.07) is 5.36. The molecule has 1 unspecified atom stereocenters. The van der Waals surface area contributed by atoms with Crippen LogP contribution in [-0.4, -0.2) is 47.6 Å². The maximum Gasteiger partial charge on any atom is 0.307 e. The van der Waals surface area contributed by atoms with Crippen molar-refractivity contribution in [2.75, 3.05) is 18.8 Å². The van der Waals surface area contributed by atoms with E-state index in [0.717, 1.165) is 5.69 Å². The van der Waals surface area contributed by atoms with Crippen molar-refractivity contribution in [2.45, 2.75) is 12.8 Å². The molecule has 1 aliphatic rings. The second-order valence-electron chi connectivity index (χ2n) is 4.57. The Labute approximate surface area is 112 Å². The van der Waals surface area contributed by atoms with E-state index in [9.17, 15) is 13.2 Å². The van der Waals surface area contributed by atoms with E-state index in [-0.39, 0.29) is 12.3 Å². The highest BCUT2D eigenvalue weighted by molar-refractivity contribution is 7.89. The highest BCUT2D eigenvalue weighted by Gasteiger charge is 2.34. The Kier molecular flexibility index (Phi) is 4.16. The lowest BCUT2D eigenvalue weighted by molar-refractivity contribution is -0.141. The van der Waals surface area contributed by atoms with Gasteiger partial charge in [-0.1, -0.05) is 6.07 Å². The average molecular weight is 284 g/mol. The Morgan fingerprint density at radius 2 is 2.26 bits per heavy atom. The fraction of sp³-hybridized carbons (Fsp3) is 0.500. The third-order valence-electron chi connectivity index (χ3n) is 3.24. The molecule has 0 radical (unpaired) electrons. The molecule has 0 spiro atoms. The molecule has 1 fully saturated rings. The summed E-state index contributed by atoms with van der Waals surface area (Å²) in [5.41, 5.74) is 0.722. The van der Waals surface area contributed by atoms with E-state index < -0.39 is 21.9 Å². The molecule has 0 saturated carbocycles. The average Bonchev–Trinajstić information content (AvgIpc) is 2.88. The molecule has 0 aliphatic carbocycles. The van der Waals surface area contributed by atoms with Gasteiger partial charge < -0.3 is 5.11 Å². The Balaban J connectivity index is 1.94. The molecule has 1 atom stereocenters. The number of nitrogens with zero attached hydrogens (tertiary/aromatic N) is 2. The van der Waals surface area contributed by atoms with Crippen molar-refractivity contribution in [3.8, 4) is 0 Å². The molecule has 0 bridgehead atoms. The summed E-state index contributed by atoms with van der Waals surface area (Å²) in [5.74, 6) is -1.54. The number of carboxylic acids is 1. The fourth-order valence-electron chi connectivity index (χ4n) is 2.09. The smallest absolute Gasteiger partial charge is 0.307 e. The zero-order valence-electron chi connectivity index (χ0n) is 10.4. The summed E-state index contributed by atoms with van der Waals surface area (Å²) >= 11 is 0. The lowest BCUT2D eigenvalue weighted by Crippen LogP contribution is -2.32. The number of aryl methyl sites for hydroxylation is 1. The van der Waals surface area contributed by atoms with Gasteiger partial charge in [0.15, 0.2) is 0 Å². The van der Waals surface area contributed by atoms with E-state index in [1.807, 2.05) is 6.07 Å². The number of aromatic nitrogens is 1. The van der Waals surface area contributed by atoms with Crippen LogP contribution in [0.2, 0.25) is 0 Å². The van der Waals surface area contributed by atoms with Gasteiger partial charge in [-0.05, 0) is 18.6 Å². The summed E-state index contributed by atoms with van der Waals surface area (Å²) < 4.78 is 25.4.